The second-order valence-corrected chi connectivity index (χ2v) is 3.94. The van der Waals surface area contributed by atoms with Crippen molar-refractivity contribution in [2.24, 2.45) is 7.05 Å². The van der Waals surface area contributed by atoms with Gasteiger partial charge in [0.05, 0.1) is 0 Å². The zero-order chi connectivity index (χ0) is 13.0. The molecule has 2 rings (SSSR count). The van der Waals surface area contributed by atoms with Crippen LogP contribution in [-0.2, 0) is 13.5 Å². The van der Waals surface area contributed by atoms with Crippen LogP contribution in [0.4, 0.5) is 4.39 Å². The maximum Gasteiger partial charge on any atom is 0.269 e. The van der Waals surface area contributed by atoms with E-state index in [4.69, 9.17) is 0 Å². The van der Waals surface area contributed by atoms with Crippen LogP contribution >= 0.6 is 0 Å². The summed E-state index contributed by atoms with van der Waals surface area (Å²) in [5.74, 6) is -0.446. The van der Waals surface area contributed by atoms with Crippen molar-refractivity contribution >= 4 is 5.91 Å². The van der Waals surface area contributed by atoms with Crippen molar-refractivity contribution in [3.05, 3.63) is 53.6 Å². The molecule has 1 heterocycles. The van der Waals surface area contributed by atoms with E-state index in [0.717, 1.165) is 0 Å². The van der Waals surface area contributed by atoms with Crippen molar-refractivity contribution in [3.8, 4) is 0 Å². The molecule has 0 unspecified atom stereocenters. The van der Waals surface area contributed by atoms with Gasteiger partial charge >= 0.3 is 0 Å². The average Bonchev–Trinajstić information content (AvgIpc) is 2.78. The Morgan fingerprint density at radius 1 is 1.39 bits per heavy atom. The molecule has 1 N–H and O–H groups in total. The Bertz CT molecular complexity index is 551. The summed E-state index contributed by atoms with van der Waals surface area (Å²) >= 11 is 0. The summed E-state index contributed by atoms with van der Waals surface area (Å²) in [6.07, 6.45) is 2.03. The highest BCUT2D eigenvalue weighted by Gasteiger charge is 2.09. The van der Waals surface area contributed by atoms with E-state index in [1.165, 1.54) is 10.7 Å². The third kappa shape index (κ3) is 2.74. The summed E-state index contributed by atoms with van der Waals surface area (Å²) < 4.78 is 14.8. The molecular formula is C13H14FN3O. The molecule has 0 atom stereocenters. The van der Waals surface area contributed by atoms with Crippen LogP contribution in [0, 0.1) is 5.82 Å². The van der Waals surface area contributed by atoms with Gasteiger partial charge in [0.15, 0.2) is 0 Å². The smallest absolute Gasteiger partial charge is 0.269 e. The Morgan fingerprint density at radius 2 is 2.17 bits per heavy atom. The van der Waals surface area contributed by atoms with Gasteiger partial charge in [0.25, 0.3) is 5.91 Å². The number of carbonyl (C=O) groups is 1. The molecule has 1 amide bonds. The quantitative estimate of drug-likeness (QED) is 0.890. The predicted octanol–water partition coefficient (Wildman–Crippen LogP) is 1.53. The molecule has 0 aliphatic rings. The molecule has 0 aliphatic carbocycles. The Labute approximate surface area is 104 Å². The van der Waals surface area contributed by atoms with Gasteiger partial charge < -0.3 is 5.32 Å². The lowest BCUT2D eigenvalue weighted by Crippen LogP contribution is -2.27. The summed E-state index contributed by atoms with van der Waals surface area (Å²) in [6.45, 7) is 0.394. The molecular weight excluding hydrogens is 233 g/mol. The molecule has 5 heteroatoms. The number of aryl methyl sites for hydroxylation is 1. The van der Waals surface area contributed by atoms with Crippen LogP contribution in [0.2, 0.25) is 0 Å². The van der Waals surface area contributed by atoms with Crippen molar-refractivity contribution in [2.75, 3.05) is 6.54 Å². The zero-order valence-corrected chi connectivity index (χ0v) is 10.1. The van der Waals surface area contributed by atoms with E-state index in [1.54, 1.807) is 37.5 Å². The van der Waals surface area contributed by atoms with Gasteiger partial charge in [-0.1, -0.05) is 18.2 Å². The van der Waals surface area contributed by atoms with Crippen LogP contribution < -0.4 is 5.32 Å². The molecule has 0 saturated carbocycles. The summed E-state index contributed by atoms with van der Waals surface area (Å²) in [7, 11) is 1.70. The van der Waals surface area contributed by atoms with E-state index in [1.807, 2.05) is 0 Å². The molecule has 0 spiro atoms. The van der Waals surface area contributed by atoms with Gasteiger partial charge in [-0.25, -0.2) is 4.39 Å². The number of carbonyl (C=O) groups excluding carboxylic acids is 1. The molecule has 0 aliphatic heterocycles. The summed E-state index contributed by atoms with van der Waals surface area (Å²) in [5.41, 5.74) is 1.09. The van der Waals surface area contributed by atoms with Gasteiger partial charge in [-0.05, 0) is 24.1 Å². The minimum atomic E-state index is -0.243. The Kier molecular flexibility index (Phi) is 3.72. The van der Waals surface area contributed by atoms with Gasteiger partial charge in [0.1, 0.15) is 11.5 Å². The van der Waals surface area contributed by atoms with Crippen molar-refractivity contribution in [1.29, 1.82) is 0 Å². The Morgan fingerprint density at radius 3 is 2.83 bits per heavy atom. The van der Waals surface area contributed by atoms with Gasteiger partial charge in [-0.15, -0.1) is 0 Å². The first kappa shape index (κ1) is 12.3. The highest BCUT2D eigenvalue weighted by molar-refractivity contribution is 5.92. The van der Waals surface area contributed by atoms with Crippen LogP contribution in [0.5, 0.6) is 0 Å². The summed E-state index contributed by atoms with van der Waals surface area (Å²) in [5, 5.41) is 6.65. The highest BCUT2D eigenvalue weighted by atomic mass is 19.1. The van der Waals surface area contributed by atoms with Gasteiger partial charge in [0, 0.05) is 19.8 Å². The fraction of sp³-hybridized carbons (Fsp3) is 0.231. The van der Waals surface area contributed by atoms with E-state index < -0.39 is 0 Å². The maximum atomic E-state index is 13.3. The second kappa shape index (κ2) is 5.44. The fourth-order valence-electron chi connectivity index (χ4n) is 1.70. The van der Waals surface area contributed by atoms with E-state index in [9.17, 15) is 9.18 Å². The predicted molar refractivity (Wildman–Crippen MR) is 65.6 cm³/mol. The SMILES string of the molecule is Cn1nccc1C(=O)NCCc1ccccc1F. The van der Waals surface area contributed by atoms with E-state index in [0.29, 0.717) is 24.2 Å². The van der Waals surface area contributed by atoms with Crippen molar-refractivity contribution in [2.45, 2.75) is 6.42 Å². The fourth-order valence-corrected chi connectivity index (χ4v) is 1.70. The van der Waals surface area contributed by atoms with Crippen LogP contribution in [0.25, 0.3) is 0 Å². The van der Waals surface area contributed by atoms with Crippen molar-refractivity contribution < 1.29 is 9.18 Å². The number of hydrogen-bond acceptors (Lipinski definition) is 2. The lowest BCUT2D eigenvalue weighted by atomic mass is 10.1. The zero-order valence-electron chi connectivity index (χ0n) is 10.1. The van der Waals surface area contributed by atoms with Gasteiger partial charge in [0.2, 0.25) is 0 Å². The lowest BCUT2D eigenvalue weighted by molar-refractivity contribution is 0.0944. The van der Waals surface area contributed by atoms with Crippen LogP contribution in [0.1, 0.15) is 16.1 Å². The molecule has 0 radical (unpaired) electrons. The van der Waals surface area contributed by atoms with Crippen LogP contribution in [-0.4, -0.2) is 22.2 Å². The standard InChI is InChI=1S/C13H14FN3O/c1-17-12(7-9-16-17)13(18)15-8-6-10-4-2-3-5-11(10)14/h2-5,7,9H,6,8H2,1H3,(H,15,18). The topological polar surface area (TPSA) is 46.9 Å². The molecule has 94 valence electrons. The first-order valence-corrected chi connectivity index (χ1v) is 5.68. The lowest BCUT2D eigenvalue weighted by Gasteiger charge is -2.06. The van der Waals surface area contributed by atoms with Crippen molar-refractivity contribution in [3.63, 3.8) is 0 Å². The van der Waals surface area contributed by atoms with Crippen LogP contribution in [0.3, 0.4) is 0 Å². The second-order valence-electron chi connectivity index (χ2n) is 3.94. The van der Waals surface area contributed by atoms with Gasteiger partial charge in [-0.2, -0.15) is 5.10 Å². The molecule has 2 aromatic rings. The number of benzene rings is 1. The number of hydrogen-bond donors (Lipinski definition) is 1. The number of nitrogens with zero attached hydrogens (tertiary/aromatic N) is 2. The van der Waals surface area contributed by atoms with E-state index in [2.05, 4.69) is 10.4 Å². The first-order chi connectivity index (χ1) is 8.68. The minimum absolute atomic E-state index is 0.202. The molecule has 18 heavy (non-hydrogen) atoms. The maximum absolute atomic E-state index is 13.3. The van der Waals surface area contributed by atoms with E-state index in [-0.39, 0.29) is 11.7 Å². The molecule has 4 nitrogen and oxygen atoms in total. The summed E-state index contributed by atoms with van der Waals surface area (Å²) in [4.78, 5) is 11.7. The molecule has 0 saturated heterocycles. The average molecular weight is 247 g/mol. The largest absolute Gasteiger partial charge is 0.350 e. The molecule has 0 bridgehead atoms. The Hall–Kier alpha value is -2.17. The number of rotatable bonds is 4. The molecule has 1 aromatic carbocycles. The number of halogens is 1. The van der Waals surface area contributed by atoms with E-state index >= 15 is 0 Å². The monoisotopic (exact) mass is 247 g/mol. The number of aromatic nitrogens is 2. The third-order valence-corrected chi connectivity index (χ3v) is 2.69. The molecule has 1 aromatic heterocycles. The summed E-state index contributed by atoms with van der Waals surface area (Å²) in [6, 6.07) is 8.19. The van der Waals surface area contributed by atoms with Gasteiger partial charge in [-0.3, -0.25) is 9.48 Å². The van der Waals surface area contributed by atoms with Crippen LogP contribution in [0.15, 0.2) is 36.5 Å². The molecule has 0 fully saturated rings. The number of amides is 1. The normalized spacial score (nSPS) is 10.3. The highest BCUT2D eigenvalue weighted by Crippen LogP contribution is 2.06. The first-order valence-electron chi connectivity index (χ1n) is 5.68. The third-order valence-electron chi connectivity index (χ3n) is 2.69. The number of nitrogens with one attached hydrogen (secondary N) is 1. The Balaban J connectivity index is 1.88. The van der Waals surface area contributed by atoms with Crippen molar-refractivity contribution in [1.82, 2.24) is 15.1 Å². The minimum Gasteiger partial charge on any atom is -0.350 e.